The van der Waals surface area contributed by atoms with Crippen molar-refractivity contribution in [3.05, 3.63) is 52.1 Å². The maximum atomic E-state index is 12.7. The second-order valence-electron chi connectivity index (χ2n) is 6.90. The lowest BCUT2D eigenvalue weighted by atomic mass is 10.3. The molecule has 3 aromatic rings. The highest BCUT2D eigenvalue weighted by molar-refractivity contribution is 7.92. The van der Waals surface area contributed by atoms with Crippen molar-refractivity contribution in [2.75, 3.05) is 4.72 Å². The average molecular weight is 419 g/mol. The lowest BCUT2D eigenvalue weighted by Crippen LogP contribution is -2.13. The smallest absolute Gasteiger partial charge is 0.308 e. The van der Waals surface area contributed by atoms with Crippen LogP contribution in [0.5, 0.6) is 5.75 Å². The van der Waals surface area contributed by atoms with Crippen LogP contribution in [0.2, 0.25) is 0 Å². The summed E-state index contributed by atoms with van der Waals surface area (Å²) in [6, 6.07) is 11.7. The van der Waals surface area contributed by atoms with Crippen LogP contribution in [0.1, 0.15) is 32.6 Å². The molecule has 6 nitrogen and oxygen atoms in total. The van der Waals surface area contributed by atoms with Gasteiger partial charge >= 0.3 is 4.87 Å². The van der Waals surface area contributed by atoms with Crippen molar-refractivity contribution in [3.8, 4) is 5.75 Å². The highest BCUT2D eigenvalue weighted by Gasteiger charge is 2.18. The molecule has 1 aliphatic rings. The molecule has 0 unspecified atom stereocenters. The normalized spacial score (nSPS) is 15.2. The van der Waals surface area contributed by atoms with Crippen LogP contribution in [0.3, 0.4) is 0 Å². The number of ether oxygens (including phenoxy) is 1. The Morgan fingerprint density at radius 3 is 2.54 bits per heavy atom. The van der Waals surface area contributed by atoms with Gasteiger partial charge in [0, 0.05) is 12.2 Å². The van der Waals surface area contributed by atoms with Crippen molar-refractivity contribution in [1.82, 2.24) is 4.57 Å². The number of thiazole rings is 1. The van der Waals surface area contributed by atoms with E-state index in [2.05, 4.69) is 4.72 Å². The highest BCUT2D eigenvalue weighted by Crippen LogP contribution is 2.27. The van der Waals surface area contributed by atoms with Gasteiger partial charge in [-0.25, -0.2) is 8.42 Å². The van der Waals surface area contributed by atoms with Gasteiger partial charge in [0.05, 0.1) is 21.2 Å². The molecule has 1 saturated carbocycles. The Morgan fingerprint density at radius 1 is 1.14 bits per heavy atom. The van der Waals surface area contributed by atoms with E-state index in [0.717, 1.165) is 35.4 Å². The minimum absolute atomic E-state index is 0.0853. The molecule has 0 amide bonds. The summed E-state index contributed by atoms with van der Waals surface area (Å²) in [6.45, 7) is 2.44. The van der Waals surface area contributed by atoms with Crippen LogP contribution in [0, 0.1) is 0 Å². The predicted octanol–water partition coefficient (Wildman–Crippen LogP) is 4.21. The topological polar surface area (TPSA) is 77.4 Å². The van der Waals surface area contributed by atoms with Crippen molar-refractivity contribution < 1.29 is 13.2 Å². The summed E-state index contributed by atoms with van der Waals surface area (Å²) in [6.07, 6.45) is 4.80. The lowest BCUT2D eigenvalue weighted by Gasteiger charge is -2.14. The van der Waals surface area contributed by atoms with Crippen molar-refractivity contribution in [1.29, 1.82) is 0 Å². The molecule has 0 radical (unpaired) electrons. The second-order valence-corrected chi connectivity index (χ2v) is 9.57. The number of nitrogens with one attached hydrogen (secondary N) is 1. The Hall–Kier alpha value is -2.32. The Bertz CT molecular complexity index is 1140. The summed E-state index contributed by atoms with van der Waals surface area (Å²) in [5.74, 6) is 0.752. The molecule has 1 aliphatic carbocycles. The Balaban J connectivity index is 1.53. The van der Waals surface area contributed by atoms with Crippen LogP contribution in [-0.4, -0.2) is 19.1 Å². The maximum Gasteiger partial charge on any atom is 0.308 e. The molecule has 1 N–H and O–H groups in total. The monoisotopic (exact) mass is 418 g/mol. The van der Waals surface area contributed by atoms with Crippen LogP contribution in [0.25, 0.3) is 10.2 Å². The molecule has 2 aromatic carbocycles. The molecule has 1 aromatic heterocycles. The first-order valence-corrected chi connectivity index (χ1v) is 11.7. The fourth-order valence-corrected chi connectivity index (χ4v) is 5.68. The van der Waals surface area contributed by atoms with Crippen LogP contribution in [-0.2, 0) is 16.6 Å². The van der Waals surface area contributed by atoms with Crippen molar-refractivity contribution in [2.24, 2.45) is 0 Å². The second kappa shape index (κ2) is 7.60. The van der Waals surface area contributed by atoms with E-state index in [4.69, 9.17) is 4.74 Å². The van der Waals surface area contributed by atoms with E-state index in [1.165, 1.54) is 18.9 Å². The first-order valence-electron chi connectivity index (χ1n) is 9.39. The first-order chi connectivity index (χ1) is 13.5. The molecule has 4 rings (SSSR count). The molecule has 0 atom stereocenters. The quantitative estimate of drug-likeness (QED) is 0.651. The fraction of sp³-hybridized carbons (Fsp3) is 0.350. The number of nitrogens with zero attached hydrogens (tertiary/aromatic N) is 1. The molecule has 0 aliphatic heterocycles. The molecule has 8 heteroatoms. The average Bonchev–Trinajstić information content (AvgIpc) is 3.28. The number of benzene rings is 2. The third-order valence-corrected chi connectivity index (χ3v) is 7.30. The largest absolute Gasteiger partial charge is 0.490 e. The Kier molecular flexibility index (Phi) is 5.16. The van der Waals surface area contributed by atoms with Gasteiger partial charge < -0.3 is 4.74 Å². The zero-order valence-corrected chi connectivity index (χ0v) is 17.2. The van der Waals surface area contributed by atoms with Gasteiger partial charge in [0.15, 0.2) is 0 Å². The predicted molar refractivity (Wildman–Crippen MR) is 112 cm³/mol. The van der Waals surface area contributed by atoms with E-state index in [-0.39, 0.29) is 15.9 Å². The summed E-state index contributed by atoms with van der Waals surface area (Å²) in [7, 11) is -3.75. The van der Waals surface area contributed by atoms with E-state index in [9.17, 15) is 13.2 Å². The molecule has 0 spiro atoms. The molecule has 28 heavy (non-hydrogen) atoms. The van der Waals surface area contributed by atoms with Gasteiger partial charge in [-0.3, -0.25) is 14.1 Å². The summed E-state index contributed by atoms with van der Waals surface area (Å²) in [5.41, 5.74) is 1.23. The van der Waals surface area contributed by atoms with Gasteiger partial charge in [-0.15, -0.1) is 0 Å². The van der Waals surface area contributed by atoms with Gasteiger partial charge in [0.25, 0.3) is 10.0 Å². The minimum Gasteiger partial charge on any atom is -0.490 e. The summed E-state index contributed by atoms with van der Waals surface area (Å²) in [5, 5.41) is 0. The molecule has 1 fully saturated rings. The molecular formula is C20H22N2O4S2. The molecular weight excluding hydrogens is 396 g/mol. The zero-order chi connectivity index (χ0) is 19.7. The Labute approximate surface area is 167 Å². The van der Waals surface area contributed by atoms with E-state index in [1.807, 2.05) is 6.92 Å². The van der Waals surface area contributed by atoms with E-state index < -0.39 is 10.0 Å². The third-order valence-electron chi connectivity index (χ3n) is 4.98. The molecule has 148 valence electrons. The number of hydrogen-bond donors (Lipinski definition) is 1. The van der Waals surface area contributed by atoms with Gasteiger partial charge in [0.2, 0.25) is 0 Å². The fourth-order valence-electron chi connectivity index (χ4n) is 3.53. The van der Waals surface area contributed by atoms with Crippen LogP contribution < -0.4 is 14.3 Å². The number of aryl methyl sites for hydroxylation is 1. The highest BCUT2D eigenvalue weighted by atomic mass is 32.2. The van der Waals surface area contributed by atoms with Gasteiger partial charge in [-0.2, -0.15) is 0 Å². The number of sulfonamides is 1. The maximum absolute atomic E-state index is 12.7. The number of hydrogen-bond acceptors (Lipinski definition) is 5. The standard InChI is InChI=1S/C20H22N2O4S2/c1-2-22-18-12-11-17(13-19(18)27-20(22)23)28(24,25)21-14-7-9-16(10-8-14)26-15-5-3-4-6-15/h7-13,15,21H,2-6H2,1H3. The van der Waals surface area contributed by atoms with Crippen molar-refractivity contribution in [3.63, 3.8) is 0 Å². The zero-order valence-electron chi connectivity index (χ0n) is 15.6. The number of anilines is 1. The molecule has 0 saturated heterocycles. The number of rotatable bonds is 6. The Morgan fingerprint density at radius 2 is 1.86 bits per heavy atom. The van der Waals surface area contributed by atoms with Crippen LogP contribution in [0.4, 0.5) is 5.69 Å². The number of aromatic nitrogens is 1. The lowest BCUT2D eigenvalue weighted by molar-refractivity contribution is 0.210. The van der Waals surface area contributed by atoms with Gasteiger partial charge in [-0.1, -0.05) is 11.3 Å². The van der Waals surface area contributed by atoms with Crippen molar-refractivity contribution >= 4 is 37.3 Å². The van der Waals surface area contributed by atoms with Crippen LogP contribution >= 0.6 is 11.3 Å². The summed E-state index contributed by atoms with van der Waals surface area (Å²) >= 11 is 1.06. The molecule has 1 heterocycles. The number of fused-ring (bicyclic) bond motifs is 1. The summed E-state index contributed by atoms with van der Waals surface area (Å²) < 4.78 is 36.3. The van der Waals surface area contributed by atoms with Crippen molar-refractivity contribution in [2.45, 2.75) is 50.2 Å². The van der Waals surface area contributed by atoms with E-state index in [0.29, 0.717) is 16.9 Å². The SMILES string of the molecule is CCn1c(=O)sc2cc(S(=O)(=O)Nc3ccc(OC4CCCC4)cc3)ccc21. The van der Waals surface area contributed by atoms with E-state index >= 15 is 0 Å². The third kappa shape index (κ3) is 3.79. The van der Waals surface area contributed by atoms with Gasteiger partial charge in [0.1, 0.15) is 5.75 Å². The van der Waals surface area contributed by atoms with E-state index in [1.54, 1.807) is 41.0 Å². The van der Waals surface area contributed by atoms with Crippen LogP contribution in [0.15, 0.2) is 52.2 Å². The summed E-state index contributed by atoms with van der Waals surface area (Å²) in [4.78, 5) is 12.0. The molecule has 0 bridgehead atoms. The van der Waals surface area contributed by atoms with Gasteiger partial charge in [-0.05, 0) is 75.1 Å². The first kappa shape index (κ1) is 19.0. The minimum atomic E-state index is -3.75.